The molecule has 49 heavy (non-hydrogen) atoms. The van der Waals surface area contributed by atoms with Gasteiger partial charge in [-0.1, -0.05) is 42.5 Å². The number of benzene rings is 3. The number of fused-ring (bicyclic) bond motifs is 1. The van der Waals surface area contributed by atoms with Crippen LogP contribution in [0, 0.1) is 0 Å². The Labute approximate surface area is 287 Å². The number of para-hydroxylation sites is 3. The number of carbonyl (C=O) groups excluding carboxylic acids is 3. The van der Waals surface area contributed by atoms with Crippen molar-refractivity contribution >= 4 is 29.7 Å². The summed E-state index contributed by atoms with van der Waals surface area (Å²) in [5.41, 5.74) is 6.88. The fraction of sp³-hybridized carbons (Fsp3) is 0.405. The van der Waals surface area contributed by atoms with Crippen LogP contribution < -0.4 is 24.8 Å². The zero-order chi connectivity index (χ0) is 35.8. The lowest BCUT2D eigenvalue weighted by Gasteiger charge is -2.34. The van der Waals surface area contributed by atoms with E-state index in [1.54, 1.807) is 53.6 Å². The molecule has 3 aromatic rings. The van der Waals surface area contributed by atoms with E-state index in [4.69, 9.17) is 29.4 Å². The summed E-state index contributed by atoms with van der Waals surface area (Å²) in [7, 11) is 1.61. The van der Waals surface area contributed by atoms with E-state index < -0.39 is 29.5 Å². The number of ether oxygens (including phenoxy) is 5. The molecule has 0 radical (unpaired) electrons. The average molecular weight is 675 g/mol. The van der Waals surface area contributed by atoms with Crippen LogP contribution in [0.4, 0.5) is 15.3 Å². The Balaban J connectivity index is 1.33. The van der Waals surface area contributed by atoms with E-state index in [0.29, 0.717) is 47.2 Å². The molecule has 0 aromatic heterocycles. The number of hydrogen-bond acceptors (Lipinski definition) is 9. The van der Waals surface area contributed by atoms with Gasteiger partial charge in [-0.2, -0.15) is 0 Å². The van der Waals surface area contributed by atoms with Crippen LogP contribution in [-0.2, 0) is 27.2 Å². The molecule has 3 aromatic carbocycles. The summed E-state index contributed by atoms with van der Waals surface area (Å²) in [6, 6.07) is 22.5. The van der Waals surface area contributed by atoms with Crippen LogP contribution in [0.5, 0.6) is 17.2 Å². The number of nitrogens with two attached hydrogens (primary N) is 1. The maximum atomic E-state index is 13.6. The van der Waals surface area contributed by atoms with Crippen molar-refractivity contribution in [3.05, 3.63) is 83.9 Å². The molecular weight excluding hydrogens is 628 g/mol. The lowest BCUT2D eigenvalue weighted by Crippen LogP contribution is -2.50. The van der Waals surface area contributed by atoms with Gasteiger partial charge in [-0.3, -0.25) is 9.79 Å². The highest BCUT2D eigenvalue weighted by atomic mass is 16.6. The van der Waals surface area contributed by atoms with Crippen LogP contribution in [0.15, 0.2) is 77.8 Å². The highest BCUT2D eigenvalue weighted by Crippen LogP contribution is 2.36. The smallest absolute Gasteiger partial charge is 0.427 e. The van der Waals surface area contributed by atoms with Crippen LogP contribution in [0.25, 0.3) is 0 Å². The molecule has 0 fully saturated rings. The number of amides is 3. The van der Waals surface area contributed by atoms with Crippen LogP contribution in [0.2, 0.25) is 0 Å². The third-order valence-corrected chi connectivity index (χ3v) is 7.12. The van der Waals surface area contributed by atoms with Crippen molar-refractivity contribution in [3.8, 4) is 17.2 Å². The first-order valence-corrected chi connectivity index (χ1v) is 16.1. The lowest BCUT2D eigenvalue weighted by molar-refractivity contribution is -0.127. The third-order valence-electron chi connectivity index (χ3n) is 7.12. The number of carbonyl (C=O) groups is 3. The molecule has 262 valence electrons. The number of nitrogens with zero attached hydrogens (tertiary/aromatic N) is 3. The van der Waals surface area contributed by atoms with Crippen molar-refractivity contribution in [2.24, 2.45) is 10.7 Å². The Bertz CT molecular complexity index is 1620. The molecule has 1 unspecified atom stereocenters. The lowest BCUT2D eigenvalue weighted by atomic mass is 10.1. The van der Waals surface area contributed by atoms with Gasteiger partial charge < -0.3 is 34.3 Å². The molecule has 1 aliphatic rings. The van der Waals surface area contributed by atoms with Gasteiger partial charge in [-0.05, 0) is 83.9 Å². The first-order chi connectivity index (χ1) is 23.1. The number of anilines is 1. The van der Waals surface area contributed by atoms with Crippen molar-refractivity contribution in [2.75, 3.05) is 25.2 Å². The van der Waals surface area contributed by atoms with Crippen molar-refractivity contribution in [1.29, 1.82) is 0 Å². The van der Waals surface area contributed by atoms with E-state index in [9.17, 15) is 14.4 Å². The fourth-order valence-corrected chi connectivity index (χ4v) is 4.91. The second-order valence-corrected chi connectivity index (χ2v) is 13.4. The van der Waals surface area contributed by atoms with Gasteiger partial charge in [0.05, 0.1) is 25.9 Å². The highest BCUT2D eigenvalue weighted by Gasteiger charge is 2.35. The Morgan fingerprint density at radius 2 is 1.51 bits per heavy atom. The van der Waals surface area contributed by atoms with Crippen molar-refractivity contribution in [3.63, 3.8) is 0 Å². The average Bonchev–Trinajstić information content (AvgIpc) is 3.02. The number of hydrogen-bond donors (Lipinski definition) is 1. The zero-order valence-corrected chi connectivity index (χ0v) is 29.2. The number of rotatable bonds is 10. The molecule has 0 saturated carbocycles. The van der Waals surface area contributed by atoms with Crippen LogP contribution in [0.3, 0.4) is 0 Å². The molecule has 12 nitrogen and oxygen atoms in total. The minimum Gasteiger partial charge on any atom is -0.496 e. The zero-order valence-electron chi connectivity index (χ0n) is 29.2. The van der Waals surface area contributed by atoms with Crippen LogP contribution in [-0.4, -0.2) is 66.5 Å². The van der Waals surface area contributed by atoms with Gasteiger partial charge in [0, 0.05) is 18.5 Å². The van der Waals surface area contributed by atoms with Crippen LogP contribution >= 0.6 is 0 Å². The minimum absolute atomic E-state index is 0.153. The number of guanidine groups is 1. The molecule has 0 spiro atoms. The summed E-state index contributed by atoms with van der Waals surface area (Å²) in [5.74, 6) is 1.49. The predicted octanol–water partition coefficient (Wildman–Crippen LogP) is 6.49. The Kier molecular flexibility index (Phi) is 11.8. The molecule has 12 heteroatoms. The summed E-state index contributed by atoms with van der Waals surface area (Å²) in [6.07, 6.45) is -1.84. The maximum Gasteiger partial charge on any atom is 0.427 e. The van der Waals surface area contributed by atoms with Gasteiger partial charge in [0.2, 0.25) is 5.96 Å². The summed E-state index contributed by atoms with van der Waals surface area (Å²) in [6.45, 7) is 10.9. The monoisotopic (exact) mass is 674 g/mol. The van der Waals surface area contributed by atoms with Crippen molar-refractivity contribution in [1.82, 2.24) is 4.90 Å². The van der Waals surface area contributed by atoms with E-state index in [2.05, 4.69) is 4.99 Å². The van der Waals surface area contributed by atoms with E-state index in [-0.39, 0.29) is 25.0 Å². The van der Waals surface area contributed by atoms with E-state index in [0.717, 1.165) is 11.1 Å². The largest absolute Gasteiger partial charge is 0.496 e. The quantitative estimate of drug-likeness (QED) is 0.189. The first kappa shape index (κ1) is 36.6. The van der Waals surface area contributed by atoms with Gasteiger partial charge in [-0.15, -0.1) is 4.90 Å². The molecule has 4 rings (SSSR count). The molecular formula is C37H46N4O8. The molecule has 1 heterocycles. The second kappa shape index (κ2) is 15.8. The van der Waals surface area contributed by atoms with Gasteiger partial charge in [0.25, 0.3) is 5.91 Å². The summed E-state index contributed by atoms with van der Waals surface area (Å²) < 4.78 is 28.3. The number of imide groups is 1. The minimum atomic E-state index is -0.974. The Morgan fingerprint density at radius 1 is 0.898 bits per heavy atom. The highest BCUT2D eigenvalue weighted by molar-refractivity contribution is 6.07. The van der Waals surface area contributed by atoms with Crippen LogP contribution in [0.1, 0.15) is 59.1 Å². The summed E-state index contributed by atoms with van der Waals surface area (Å²) in [5, 5.41) is 0. The number of methoxy groups -OCH3 is 1. The molecule has 1 aliphatic heterocycles. The van der Waals surface area contributed by atoms with E-state index in [1.165, 1.54) is 0 Å². The van der Waals surface area contributed by atoms with E-state index in [1.807, 2.05) is 72.8 Å². The Hall–Kier alpha value is -5.26. The standard InChI is InChI=1S/C37H46N4O8/c1-36(2,3)48-34(43)41(35(44)49-37(4,5)6)33(38)39-22-20-25-16-18-27(19-17-25)46-23-21-31-32(42)40(28-13-9-11-15-30(28)47-31)24-26-12-8-10-14-29(26)45-7/h8-19,31H,20-24H2,1-7H3,(H2,38,39). The maximum absolute atomic E-state index is 13.6. The molecule has 0 saturated heterocycles. The first-order valence-electron chi connectivity index (χ1n) is 16.1. The molecule has 0 aliphatic carbocycles. The predicted molar refractivity (Wildman–Crippen MR) is 186 cm³/mol. The van der Waals surface area contributed by atoms with E-state index >= 15 is 0 Å². The van der Waals surface area contributed by atoms with Crippen molar-refractivity contribution < 1.29 is 38.1 Å². The fourth-order valence-electron chi connectivity index (χ4n) is 4.91. The van der Waals surface area contributed by atoms with Gasteiger partial charge in [0.1, 0.15) is 28.5 Å². The third kappa shape index (κ3) is 10.4. The topological polar surface area (TPSA) is 142 Å². The SMILES string of the molecule is COc1ccccc1CN1C(=O)C(CCOc2ccc(CCN=C(N)N(C(=O)OC(C)(C)C)C(=O)OC(C)(C)C)cc2)Oc2ccccc21. The second-order valence-electron chi connectivity index (χ2n) is 13.4. The molecule has 2 N–H and O–H groups in total. The van der Waals surface area contributed by atoms with Gasteiger partial charge in [-0.25, -0.2) is 9.59 Å². The Morgan fingerprint density at radius 3 is 2.14 bits per heavy atom. The molecule has 0 bridgehead atoms. The molecule has 1 atom stereocenters. The summed E-state index contributed by atoms with van der Waals surface area (Å²) >= 11 is 0. The molecule has 3 amide bonds. The normalized spacial score (nSPS) is 14.8. The van der Waals surface area contributed by atoms with Crippen molar-refractivity contribution in [2.45, 2.75) is 78.2 Å². The van der Waals surface area contributed by atoms with Gasteiger partial charge >= 0.3 is 12.2 Å². The van der Waals surface area contributed by atoms with Gasteiger partial charge in [0.15, 0.2) is 6.10 Å². The number of aliphatic imine (C=N–C) groups is 1. The summed E-state index contributed by atoms with van der Waals surface area (Å²) in [4.78, 5) is 45.7.